The fraction of sp³-hybridized carbons (Fsp3) is 0.797. The van der Waals surface area contributed by atoms with Crippen molar-refractivity contribution in [3.63, 3.8) is 0 Å². The molecule has 0 radical (unpaired) electrons. The molecule has 0 aliphatic carbocycles. The Morgan fingerprint density at radius 3 is 0.762 bits per heavy atom. The van der Waals surface area contributed by atoms with Gasteiger partial charge in [-0.15, -0.1) is 0 Å². The fourth-order valence-electron chi connectivity index (χ4n) is 10.2. The first-order chi connectivity index (χ1) is 39.5. The first-order valence-electron chi connectivity index (χ1n) is 34.9. The maximum Gasteiger partial charge on any atom is 0.306 e. The molecule has 1 unspecified atom stereocenters. The maximum absolute atomic E-state index is 12.9. The van der Waals surface area contributed by atoms with Crippen LogP contribution in [0.5, 0.6) is 0 Å². The largest absolute Gasteiger partial charge is 0.462 e. The number of hydrogen-bond donors (Lipinski definition) is 0. The molecule has 0 heterocycles. The summed E-state index contributed by atoms with van der Waals surface area (Å²) in [4.78, 5) is 38.2. The molecule has 0 saturated carbocycles. The third kappa shape index (κ3) is 65.7. The van der Waals surface area contributed by atoms with Crippen LogP contribution in [-0.2, 0) is 28.6 Å². The van der Waals surface area contributed by atoms with Gasteiger partial charge in [0.1, 0.15) is 13.2 Å². The van der Waals surface area contributed by atoms with Crippen LogP contribution in [0.25, 0.3) is 0 Å². The minimum absolute atomic E-state index is 0.0726. The summed E-state index contributed by atoms with van der Waals surface area (Å²) in [5, 5.41) is 0. The highest BCUT2D eigenvalue weighted by Gasteiger charge is 2.19. The molecule has 0 N–H and O–H groups in total. The van der Waals surface area contributed by atoms with E-state index in [1.54, 1.807) is 0 Å². The molecule has 0 aliphatic heterocycles. The summed E-state index contributed by atoms with van der Waals surface area (Å²) in [6.45, 7) is 6.53. The highest BCUT2D eigenvalue weighted by molar-refractivity contribution is 5.71. The van der Waals surface area contributed by atoms with Crippen molar-refractivity contribution in [2.75, 3.05) is 13.2 Å². The zero-order chi connectivity index (χ0) is 57.8. The summed E-state index contributed by atoms with van der Waals surface area (Å²) < 4.78 is 16.9. The van der Waals surface area contributed by atoms with Crippen molar-refractivity contribution in [3.05, 3.63) is 72.9 Å². The number of hydrogen-bond acceptors (Lipinski definition) is 6. The average molecular weight is 1120 g/mol. The Kier molecular flexibility index (Phi) is 65.7. The van der Waals surface area contributed by atoms with Gasteiger partial charge in [-0.3, -0.25) is 14.4 Å². The predicted molar refractivity (Wildman–Crippen MR) is 348 cm³/mol. The summed E-state index contributed by atoms with van der Waals surface area (Å²) in [7, 11) is 0. The number of carbonyl (C=O) groups is 3. The van der Waals surface area contributed by atoms with Crippen LogP contribution in [0.3, 0.4) is 0 Å². The number of allylic oxidation sites excluding steroid dienone is 12. The van der Waals surface area contributed by atoms with Gasteiger partial charge in [-0.05, 0) is 89.9 Å². The first-order valence-corrected chi connectivity index (χ1v) is 34.9. The lowest BCUT2D eigenvalue weighted by molar-refractivity contribution is -0.167. The molecule has 0 amide bonds. The van der Waals surface area contributed by atoms with E-state index < -0.39 is 6.10 Å². The van der Waals surface area contributed by atoms with Crippen LogP contribution in [-0.4, -0.2) is 37.2 Å². The van der Waals surface area contributed by atoms with Crippen molar-refractivity contribution >= 4 is 17.9 Å². The topological polar surface area (TPSA) is 78.9 Å². The van der Waals surface area contributed by atoms with E-state index in [-0.39, 0.29) is 31.1 Å². The van der Waals surface area contributed by atoms with Crippen LogP contribution >= 0.6 is 0 Å². The molecule has 0 saturated heterocycles. The van der Waals surface area contributed by atoms with E-state index in [4.69, 9.17) is 14.2 Å². The van der Waals surface area contributed by atoms with Gasteiger partial charge in [0.25, 0.3) is 0 Å². The average Bonchev–Trinajstić information content (AvgIpc) is 3.46. The Labute approximate surface area is 497 Å². The van der Waals surface area contributed by atoms with Gasteiger partial charge in [-0.25, -0.2) is 0 Å². The predicted octanol–water partition coefficient (Wildman–Crippen LogP) is 24.1. The summed E-state index contributed by atoms with van der Waals surface area (Å²) in [5.41, 5.74) is 0. The van der Waals surface area contributed by atoms with Gasteiger partial charge in [-0.2, -0.15) is 0 Å². The highest BCUT2D eigenvalue weighted by Crippen LogP contribution is 2.18. The van der Waals surface area contributed by atoms with Crippen molar-refractivity contribution in [3.8, 4) is 0 Å². The van der Waals surface area contributed by atoms with E-state index in [2.05, 4.69) is 93.7 Å². The third-order valence-corrected chi connectivity index (χ3v) is 15.4. The second-order valence-corrected chi connectivity index (χ2v) is 23.4. The Morgan fingerprint density at radius 2 is 0.487 bits per heavy atom. The number of esters is 3. The highest BCUT2D eigenvalue weighted by atomic mass is 16.6. The summed E-state index contributed by atoms with van der Waals surface area (Å²) in [6.07, 6.45) is 89.5. The molecule has 1 atom stereocenters. The Hall–Kier alpha value is -3.15. The van der Waals surface area contributed by atoms with Crippen molar-refractivity contribution in [2.45, 2.75) is 367 Å². The Morgan fingerprint density at radius 1 is 0.263 bits per heavy atom. The molecule has 6 nitrogen and oxygen atoms in total. The van der Waals surface area contributed by atoms with Crippen LogP contribution < -0.4 is 0 Å². The van der Waals surface area contributed by atoms with Crippen LogP contribution in [0.2, 0.25) is 0 Å². The monoisotopic (exact) mass is 1120 g/mol. The van der Waals surface area contributed by atoms with E-state index in [0.717, 1.165) is 89.9 Å². The van der Waals surface area contributed by atoms with E-state index in [1.807, 2.05) is 0 Å². The van der Waals surface area contributed by atoms with Crippen LogP contribution in [0.1, 0.15) is 361 Å². The molecule has 0 aromatic rings. The van der Waals surface area contributed by atoms with Gasteiger partial charge < -0.3 is 14.2 Å². The molecule has 0 fully saturated rings. The summed E-state index contributed by atoms with van der Waals surface area (Å²) >= 11 is 0. The molecular formula is C74H132O6. The molecular weight excluding hydrogens is 985 g/mol. The van der Waals surface area contributed by atoms with Crippen molar-refractivity contribution in [1.29, 1.82) is 0 Å². The second kappa shape index (κ2) is 68.3. The molecule has 6 heteroatoms. The molecule has 0 bridgehead atoms. The quantitative estimate of drug-likeness (QED) is 0.0261. The van der Waals surface area contributed by atoms with Gasteiger partial charge in [0, 0.05) is 19.3 Å². The van der Waals surface area contributed by atoms with E-state index in [9.17, 15) is 14.4 Å². The van der Waals surface area contributed by atoms with E-state index in [1.165, 1.54) is 231 Å². The normalized spacial score (nSPS) is 12.5. The number of carbonyl (C=O) groups excluding carboxylic acids is 3. The minimum Gasteiger partial charge on any atom is -0.462 e. The van der Waals surface area contributed by atoms with Crippen LogP contribution in [0.4, 0.5) is 0 Å². The molecule has 0 spiro atoms. The molecule has 80 heavy (non-hydrogen) atoms. The van der Waals surface area contributed by atoms with Crippen molar-refractivity contribution < 1.29 is 28.6 Å². The summed E-state index contributed by atoms with van der Waals surface area (Å²) in [5.74, 6) is -0.863. The number of rotatable bonds is 64. The number of unbranched alkanes of at least 4 members (excludes halogenated alkanes) is 41. The maximum atomic E-state index is 12.9. The summed E-state index contributed by atoms with van der Waals surface area (Å²) in [6, 6.07) is 0. The zero-order valence-corrected chi connectivity index (χ0v) is 53.3. The van der Waals surface area contributed by atoms with Crippen LogP contribution in [0, 0.1) is 0 Å². The van der Waals surface area contributed by atoms with Crippen LogP contribution in [0.15, 0.2) is 72.9 Å². The standard InChI is InChI=1S/C74H132O6/c1-4-7-10-13-16-19-21-23-25-27-29-31-33-34-35-36-37-38-39-40-42-43-45-47-49-51-53-55-58-61-64-67-73(76)79-70-71(69-78-72(75)66-63-60-57-18-15-12-9-6-3)80-74(77)68-65-62-59-56-54-52-50-48-46-44-41-32-30-28-26-24-22-20-17-14-11-8-5-2/h8,11,17,20-21,23-24,26-27,29-30,32,71H,4-7,9-10,12-16,18-19,22,25,28,31,33-70H2,1-3H3/b11-8-,20-17-,23-21-,26-24-,29-27-,32-30-. The van der Waals surface area contributed by atoms with E-state index in [0.29, 0.717) is 19.3 Å². The molecule has 0 rings (SSSR count). The number of ether oxygens (including phenoxy) is 3. The van der Waals surface area contributed by atoms with Crippen molar-refractivity contribution in [1.82, 2.24) is 0 Å². The van der Waals surface area contributed by atoms with Gasteiger partial charge >= 0.3 is 17.9 Å². The van der Waals surface area contributed by atoms with Gasteiger partial charge in [-0.1, -0.05) is 325 Å². The molecule has 0 aliphatic rings. The van der Waals surface area contributed by atoms with Gasteiger partial charge in [0.15, 0.2) is 6.10 Å². The lowest BCUT2D eigenvalue weighted by Gasteiger charge is -2.18. The second-order valence-electron chi connectivity index (χ2n) is 23.4. The van der Waals surface area contributed by atoms with Gasteiger partial charge in [0.05, 0.1) is 0 Å². The Bertz CT molecular complexity index is 1470. The lowest BCUT2D eigenvalue weighted by Crippen LogP contribution is -2.30. The third-order valence-electron chi connectivity index (χ3n) is 15.4. The molecule has 0 aromatic carbocycles. The van der Waals surface area contributed by atoms with Gasteiger partial charge in [0.2, 0.25) is 0 Å². The fourth-order valence-corrected chi connectivity index (χ4v) is 10.2. The Balaban J connectivity index is 4.07. The SMILES string of the molecule is CC/C=C\C/C=C\C/C=C\C/C=C\CCCCCCCCCCCCC(=O)OC(COC(=O)CCCCCCCCCC)COC(=O)CCCCCCCCCCCCCCCCCCCCC/C=C\C/C=C\CCCCCCC. The minimum atomic E-state index is -0.775. The molecule has 464 valence electrons. The zero-order valence-electron chi connectivity index (χ0n) is 53.3. The lowest BCUT2D eigenvalue weighted by atomic mass is 10.0. The first kappa shape index (κ1) is 76.9. The molecule has 0 aromatic heterocycles. The van der Waals surface area contributed by atoms with Crippen molar-refractivity contribution in [2.24, 2.45) is 0 Å². The smallest absolute Gasteiger partial charge is 0.306 e. The van der Waals surface area contributed by atoms with E-state index >= 15 is 0 Å².